The molecule has 68 valence electrons. The van der Waals surface area contributed by atoms with Gasteiger partial charge < -0.3 is 9.63 Å². The molecule has 0 radical (unpaired) electrons. The summed E-state index contributed by atoms with van der Waals surface area (Å²) in [5.74, 6) is 1.39. The minimum absolute atomic E-state index is 0.269. The lowest BCUT2D eigenvalue weighted by molar-refractivity contribution is 0.283. The van der Waals surface area contributed by atoms with Crippen LogP contribution in [0.2, 0.25) is 0 Å². The quantitative estimate of drug-likeness (QED) is 0.672. The molecular weight excluding hydrogens is 156 g/mol. The van der Waals surface area contributed by atoms with Gasteiger partial charge in [-0.3, -0.25) is 0 Å². The second-order valence-electron chi connectivity index (χ2n) is 2.76. The van der Waals surface area contributed by atoms with Gasteiger partial charge >= 0.3 is 0 Å². The molecule has 0 aliphatic carbocycles. The fraction of sp³-hybridized carbons (Fsp3) is 0.750. The highest BCUT2D eigenvalue weighted by Crippen LogP contribution is 2.02. The first kappa shape index (κ1) is 9.19. The molecule has 0 aliphatic heterocycles. The van der Waals surface area contributed by atoms with Crippen LogP contribution in [0.1, 0.15) is 31.0 Å². The minimum Gasteiger partial charge on any atom is -0.396 e. The molecule has 0 aromatic carbocycles. The summed E-state index contributed by atoms with van der Waals surface area (Å²) in [5.41, 5.74) is 0. The Labute approximate surface area is 71.6 Å². The lowest BCUT2D eigenvalue weighted by atomic mass is 10.2. The van der Waals surface area contributed by atoms with Gasteiger partial charge in [-0.1, -0.05) is 11.6 Å². The maximum atomic E-state index is 8.52. The number of nitrogens with zero attached hydrogens (tertiary/aromatic N) is 2. The van der Waals surface area contributed by atoms with E-state index in [9.17, 15) is 0 Å². The Morgan fingerprint density at radius 1 is 1.33 bits per heavy atom. The van der Waals surface area contributed by atoms with Crippen LogP contribution in [0.4, 0.5) is 0 Å². The van der Waals surface area contributed by atoms with E-state index in [1.807, 2.05) is 0 Å². The van der Waals surface area contributed by atoms with Crippen LogP contribution in [0, 0.1) is 6.92 Å². The van der Waals surface area contributed by atoms with Crippen LogP contribution < -0.4 is 0 Å². The monoisotopic (exact) mass is 170 g/mol. The molecule has 1 aromatic heterocycles. The van der Waals surface area contributed by atoms with E-state index in [0.29, 0.717) is 5.89 Å². The van der Waals surface area contributed by atoms with Gasteiger partial charge in [0.15, 0.2) is 5.82 Å². The van der Waals surface area contributed by atoms with Crippen molar-refractivity contribution in [3.63, 3.8) is 0 Å². The topological polar surface area (TPSA) is 59.2 Å². The Morgan fingerprint density at radius 2 is 2.17 bits per heavy atom. The number of aliphatic hydroxyl groups excluding tert-OH is 1. The van der Waals surface area contributed by atoms with E-state index in [2.05, 4.69) is 10.1 Å². The van der Waals surface area contributed by atoms with E-state index in [-0.39, 0.29) is 6.61 Å². The summed E-state index contributed by atoms with van der Waals surface area (Å²) >= 11 is 0. The molecule has 0 fully saturated rings. The molecule has 0 saturated heterocycles. The van der Waals surface area contributed by atoms with Crippen LogP contribution in [0.3, 0.4) is 0 Å². The van der Waals surface area contributed by atoms with Crippen LogP contribution >= 0.6 is 0 Å². The lowest BCUT2D eigenvalue weighted by Crippen LogP contribution is -1.90. The van der Waals surface area contributed by atoms with E-state index in [1.165, 1.54) is 0 Å². The summed E-state index contributed by atoms with van der Waals surface area (Å²) in [4.78, 5) is 4.07. The van der Waals surface area contributed by atoms with Crippen molar-refractivity contribution in [3.8, 4) is 0 Å². The van der Waals surface area contributed by atoms with Gasteiger partial charge in [-0.15, -0.1) is 0 Å². The first-order valence-electron chi connectivity index (χ1n) is 4.23. The Kier molecular flexibility index (Phi) is 3.73. The van der Waals surface area contributed by atoms with E-state index in [0.717, 1.165) is 31.5 Å². The molecule has 4 nitrogen and oxygen atoms in total. The van der Waals surface area contributed by atoms with Crippen LogP contribution in [0.5, 0.6) is 0 Å². The van der Waals surface area contributed by atoms with Crippen molar-refractivity contribution in [3.05, 3.63) is 11.7 Å². The number of unbranched alkanes of at least 4 members (excludes halogenated alkanes) is 2. The summed E-state index contributed by atoms with van der Waals surface area (Å²) in [5, 5.41) is 12.3. The van der Waals surface area contributed by atoms with Gasteiger partial charge in [0.25, 0.3) is 0 Å². The number of aryl methyl sites for hydroxylation is 2. The van der Waals surface area contributed by atoms with Gasteiger partial charge in [-0.2, -0.15) is 4.98 Å². The fourth-order valence-corrected chi connectivity index (χ4v) is 1.01. The molecule has 0 spiro atoms. The van der Waals surface area contributed by atoms with Crippen LogP contribution in [0.25, 0.3) is 0 Å². The van der Waals surface area contributed by atoms with Crippen molar-refractivity contribution in [1.29, 1.82) is 0 Å². The number of rotatable bonds is 5. The normalized spacial score (nSPS) is 10.5. The first-order valence-corrected chi connectivity index (χ1v) is 4.23. The average Bonchev–Trinajstić information content (AvgIpc) is 2.45. The highest BCUT2D eigenvalue weighted by molar-refractivity contribution is 4.83. The van der Waals surface area contributed by atoms with E-state index in [1.54, 1.807) is 6.92 Å². The second-order valence-corrected chi connectivity index (χ2v) is 2.76. The molecule has 0 amide bonds. The van der Waals surface area contributed by atoms with Crippen molar-refractivity contribution in [2.45, 2.75) is 32.6 Å². The van der Waals surface area contributed by atoms with Gasteiger partial charge in [0.05, 0.1) is 0 Å². The van der Waals surface area contributed by atoms with Gasteiger partial charge in [0.1, 0.15) is 0 Å². The van der Waals surface area contributed by atoms with E-state index < -0.39 is 0 Å². The maximum Gasteiger partial charge on any atom is 0.223 e. The Bertz CT molecular complexity index is 223. The molecule has 0 atom stereocenters. The molecule has 1 aromatic rings. The van der Waals surface area contributed by atoms with E-state index >= 15 is 0 Å². The standard InChI is InChI=1S/C8H14N2O2/c1-7-9-8(10-12-7)5-3-2-4-6-11/h11H,2-6H2,1H3. The zero-order valence-corrected chi connectivity index (χ0v) is 7.29. The van der Waals surface area contributed by atoms with Gasteiger partial charge in [-0.05, 0) is 12.8 Å². The highest BCUT2D eigenvalue weighted by atomic mass is 16.5. The summed E-state index contributed by atoms with van der Waals surface area (Å²) in [6.45, 7) is 2.05. The van der Waals surface area contributed by atoms with Crippen LogP contribution in [-0.4, -0.2) is 21.9 Å². The smallest absolute Gasteiger partial charge is 0.223 e. The van der Waals surface area contributed by atoms with Crippen molar-refractivity contribution >= 4 is 0 Å². The third-order valence-electron chi connectivity index (χ3n) is 1.63. The Hall–Kier alpha value is -0.900. The fourth-order valence-electron chi connectivity index (χ4n) is 1.01. The van der Waals surface area contributed by atoms with Gasteiger partial charge in [-0.25, -0.2) is 0 Å². The number of hydrogen-bond donors (Lipinski definition) is 1. The second kappa shape index (κ2) is 4.87. The molecule has 0 saturated carbocycles. The van der Waals surface area contributed by atoms with Crippen molar-refractivity contribution in [2.24, 2.45) is 0 Å². The zero-order valence-electron chi connectivity index (χ0n) is 7.29. The van der Waals surface area contributed by atoms with Crippen molar-refractivity contribution in [2.75, 3.05) is 6.61 Å². The van der Waals surface area contributed by atoms with Gasteiger partial charge in [0.2, 0.25) is 5.89 Å². The lowest BCUT2D eigenvalue weighted by Gasteiger charge is -1.93. The average molecular weight is 170 g/mol. The predicted molar refractivity (Wildman–Crippen MR) is 43.7 cm³/mol. The minimum atomic E-state index is 0.269. The highest BCUT2D eigenvalue weighted by Gasteiger charge is 2.00. The summed E-state index contributed by atoms with van der Waals surface area (Å²) in [6, 6.07) is 0. The molecule has 1 heterocycles. The van der Waals surface area contributed by atoms with Crippen LogP contribution in [-0.2, 0) is 6.42 Å². The number of aliphatic hydroxyl groups is 1. The third-order valence-corrected chi connectivity index (χ3v) is 1.63. The van der Waals surface area contributed by atoms with Crippen molar-refractivity contribution in [1.82, 2.24) is 10.1 Å². The van der Waals surface area contributed by atoms with Gasteiger partial charge in [0, 0.05) is 20.0 Å². The summed E-state index contributed by atoms with van der Waals surface area (Å²) < 4.78 is 4.81. The Balaban J connectivity index is 2.15. The molecule has 0 unspecified atom stereocenters. The molecule has 4 heteroatoms. The first-order chi connectivity index (χ1) is 5.83. The maximum absolute atomic E-state index is 8.52. The molecule has 0 bridgehead atoms. The molecular formula is C8H14N2O2. The Morgan fingerprint density at radius 3 is 2.75 bits per heavy atom. The van der Waals surface area contributed by atoms with Crippen molar-refractivity contribution < 1.29 is 9.63 Å². The largest absolute Gasteiger partial charge is 0.396 e. The third kappa shape index (κ3) is 3.00. The summed E-state index contributed by atoms with van der Waals surface area (Å²) in [7, 11) is 0. The SMILES string of the molecule is Cc1nc(CCCCCO)no1. The summed E-state index contributed by atoms with van der Waals surface area (Å²) in [6.07, 6.45) is 3.73. The molecule has 1 N–H and O–H groups in total. The zero-order chi connectivity index (χ0) is 8.81. The predicted octanol–water partition coefficient (Wildman–Crippen LogP) is 1.08. The molecule has 12 heavy (non-hydrogen) atoms. The number of aromatic nitrogens is 2. The van der Waals surface area contributed by atoms with Crippen LogP contribution in [0.15, 0.2) is 4.52 Å². The number of hydrogen-bond acceptors (Lipinski definition) is 4. The molecule has 1 rings (SSSR count). The van der Waals surface area contributed by atoms with E-state index in [4.69, 9.17) is 9.63 Å². The molecule has 0 aliphatic rings.